The van der Waals surface area contributed by atoms with Crippen molar-refractivity contribution in [1.82, 2.24) is 0 Å². The van der Waals surface area contributed by atoms with Gasteiger partial charge in [-0.05, 0) is 92.3 Å². The van der Waals surface area contributed by atoms with E-state index in [9.17, 15) is 5.11 Å². The first-order valence-electron chi connectivity index (χ1n) is 12.1. The SMILES string of the molecule is C=C(C)[C@@H](C)C=C[C@@H](C)[C@H]1CC[C@H]2C3=CC=C4CC(O)CC[C@]4(C)[C@H]3CC[C@]12C. The third kappa shape index (κ3) is 3.42. The van der Waals surface area contributed by atoms with Gasteiger partial charge >= 0.3 is 0 Å². The topological polar surface area (TPSA) is 20.2 Å². The maximum absolute atomic E-state index is 10.2. The molecule has 1 unspecified atom stereocenters. The van der Waals surface area contributed by atoms with Gasteiger partial charge in [0.15, 0.2) is 0 Å². The van der Waals surface area contributed by atoms with E-state index in [0.717, 1.165) is 31.1 Å². The minimum atomic E-state index is -0.122. The van der Waals surface area contributed by atoms with Crippen molar-refractivity contribution < 1.29 is 5.11 Å². The second kappa shape index (κ2) is 7.56. The Balaban J connectivity index is 1.57. The minimum Gasteiger partial charge on any atom is -0.393 e. The summed E-state index contributed by atoms with van der Waals surface area (Å²) in [7, 11) is 0. The molecule has 0 aliphatic heterocycles. The molecule has 4 rings (SSSR count). The monoisotopic (exact) mass is 394 g/mol. The van der Waals surface area contributed by atoms with Gasteiger partial charge in [-0.2, -0.15) is 0 Å². The quantitative estimate of drug-likeness (QED) is 0.498. The molecule has 0 aromatic carbocycles. The molecular weight excluding hydrogens is 352 g/mol. The smallest absolute Gasteiger partial charge is 0.0578 e. The molecule has 4 aliphatic carbocycles. The molecule has 0 spiro atoms. The van der Waals surface area contributed by atoms with E-state index in [-0.39, 0.29) is 6.10 Å². The van der Waals surface area contributed by atoms with Crippen molar-refractivity contribution >= 4 is 0 Å². The van der Waals surface area contributed by atoms with Crippen molar-refractivity contribution in [1.29, 1.82) is 0 Å². The molecule has 4 aliphatic rings. The van der Waals surface area contributed by atoms with Crippen molar-refractivity contribution in [2.45, 2.75) is 85.7 Å². The Morgan fingerprint density at radius 2 is 1.83 bits per heavy atom. The fourth-order valence-corrected chi connectivity index (χ4v) is 7.53. The molecule has 0 radical (unpaired) electrons. The lowest BCUT2D eigenvalue weighted by atomic mass is 9.50. The maximum atomic E-state index is 10.2. The van der Waals surface area contributed by atoms with E-state index in [1.165, 1.54) is 36.8 Å². The summed E-state index contributed by atoms with van der Waals surface area (Å²) in [5.74, 6) is 3.36. The van der Waals surface area contributed by atoms with Gasteiger partial charge < -0.3 is 5.11 Å². The zero-order valence-electron chi connectivity index (χ0n) is 19.4. The highest BCUT2D eigenvalue weighted by Crippen LogP contribution is 2.65. The van der Waals surface area contributed by atoms with Gasteiger partial charge in [0.1, 0.15) is 0 Å². The molecule has 1 N–H and O–H groups in total. The van der Waals surface area contributed by atoms with Crippen LogP contribution >= 0.6 is 0 Å². The van der Waals surface area contributed by atoms with Crippen LogP contribution in [0.1, 0.15) is 79.6 Å². The number of allylic oxidation sites excluding steroid dienone is 6. The predicted molar refractivity (Wildman–Crippen MR) is 123 cm³/mol. The third-order valence-electron chi connectivity index (χ3n) is 9.73. The number of hydrogen-bond acceptors (Lipinski definition) is 1. The van der Waals surface area contributed by atoms with Crippen LogP contribution in [-0.2, 0) is 0 Å². The van der Waals surface area contributed by atoms with Crippen molar-refractivity contribution in [3.8, 4) is 0 Å². The van der Waals surface area contributed by atoms with E-state index >= 15 is 0 Å². The van der Waals surface area contributed by atoms with Crippen molar-refractivity contribution in [3.63, 3.8) is 0 Å². The molecule has 3 fully saturated rings. The van der Waals surface area contributed by atoms with Gasteiger partial charge in [-0.25, -0.2) is 0 Å². The molecule has 0 saturated heterocycles. The van der Waals surface area contributed by atoms with Crippen LogP contribution in [-0.4, -0.2) is 11.2 Å². The van der Waals surface area contributed by atoms with E-state index in [4.69, 9.17) is 0 Å². The summed E-state index contributed by atoms with van der Waals surface area (Å²) in [4.78, 5) is 0. The molecule has 0 aromatic rings. The molecule has 1 heteroatoms. The number of rotatable bonds is 4. The first-order chi connectivity index (χ1) is 13.7. The Morgan fingerprint density at radius 1 is 1.07 bits per heavy atom. The summed E-state index contributed by atoms with van der Waals surface area (Å²) in [6, 6.07) is 0. The molecule has 3 saturated carbocycles. The summed E-state index contributed by atoms with van der Waals surface area (Å²) in [5, 5.41) is 10.2. The fraction of sp³-hybridized carbons (Fsp3) is 0.714. The third-order valence-corrected chi connectivity index (χ3v) is 9.73. The Bertz CT molecular complexity index is 754. The van der Waals surface area contributed by atoms with Gasteiger partial charge in [-0.3, -0.25) is 0 Å². The molecule has 0 heterocycles. The maximum Gasteiger partial charge on any atom is 0.0578 e. The second-order valence-corrected chi connectivity index (χ2v) is 11.4. The van der Waals surface area contributed by atoms with Crippen molar-refractivity contribution in [3.05, 3.63) is 47.6 Å². The average Bonchev–Trinajstić information content (AvgIpc) is 3.03. The second-order valence-electron chi connectivity index (χ2n) is 11.4. The molecule has 0 aromatic heterocycles. The van der Waals surface area contributed by atoms with Crippen LogP contribution in [0.2, 0.25) is 0 Å². The normalized spacial score (nSPS) is 43.7. The standard InChI is InChI=1S/C28H42O/c1-18(2)19(3)7-8-20(4)24-11-12-25-23-10-9-21-17-22(29)13-15-27(21,5)26(23)14-16-28(24,25)6/h7-10,19-20,22,24-26,29H,1,11-17H2,2-6H3/t19-,20+,22?,24+,25-,26-,27-,28+/m0/s1. The van der Waals surface area contributed by atoms with Crippen LogP contribution in [0.3, 0.4) is 0 Å². The Hall–Kier alpha value is -1.08. The molecule has 160 valence electrons. The van der Waals surface area contributed by atoms with Gasteiger partial charge in [0.2, 0.25) is 0 Å². The summed E-state index contributed by atoms with van der Waals surface area (Å²) < 4.78 is 0. The number of fused-ring (bicyclic) bond motifs is 5. The lowest BCUT2D eigenvalue weighted by Gasteiger charge is -2.55. The number of hydrogen-bond donors (Lipinski definition) is 1. The highest BCUT2D eigenvalue weighted by atomic mass is 16.3. The van der Waals surface area contributed by atoms with Crippen LogP contribution in [0.15, 0.2) is 47.6 Å². The summed E-state index contributed by atoms with van der Waals surface area (Å²) in [6.07, 6.45) is 18.1. The van der Waals surface area contributed by atoms with E-state index in [2.05, 4.69) is 65.5 Å². The molecule has 0 bridgehead atoms. The van der Waals surface area contributed by atoms with Gasteiger partial charge in [0, 0.05) is 0 Å². The zero-order chi connectivity index (χ0) is 21.0. The minimum absolute atomic E-state index is 0.122. The first-order valence-corrected chi connectivity index (χ1v) is 12.1. The largest absolute Gasteiger partial charge is 0.393 e. The zero-order valence-corrected chi connectivity index (χ0v) is 19.4. The highest BCUT2D eigenvalue weighted by Gasteiger charge is 2.56. The highest BCUT2D eigenvalue weighted by molar-refractivity contribution is 5.39. The van der Waals surface area contributed by atoms with Crippen LogP contribution in [0.5, 0.6) is 0 Å². The number of aliphatic hydroxyl groups excluding tert-OH is 1. The Kier molecular flexibility index (Phi) is 5.52. The predicted octanol–water partition coefficient (Wildman–Crippen LogP) is 7.25. The summed E-state index contributed by atoms with van der Waals surface area (Å²) in [5.41, 5.74) is 5.27. The first kappa shape index (κ1) is 21.2. The van der Waals surface area contributed by atoms with E-state index in [1.807, 2.05) is 0 Å². The lowest BCUT2D eigenvalue weighted by Crippen LogP contribution is -2.46. The molecule has 29 heavy (non-hydrogen) atoms. The van der Waals surface area contributed by atoms with Gasteiger partial charge in [-0.1, -0.05) is 75.3 Å². The Morgan fingerprint density at radius 3 is 2.55 bits per heavy atom. The van der Waals surface area contributed by atoms with Crippen LogP contribution in [0.25, 0.3) is 0 Å². The number of aliphatic hydroxyl groups is 1. The van der Waals surface area contributed by atoms with Gasteiger partial charge in [0.25, 0.3) is 0 Å². The summed E-state index contributed by atoms with van der Waals surface area (Å²) in [6.45, 7) is 16.1. The van der Waals surface area contributed by atoms with E-state index in [0.29, 0.717) is 28.6 Å². The van der Waals surface area contributed by atoms with E-state index in [1.54, 1.807) is 5.57 Å². The van der Waals surface area contributed by atoms with Crippen LogP contribution in [0, 0.1) is 40.4 Å². The molecule has 8 atom stereocenters. The summed E-state index contributed by atoms with van der Waals surface area (Å²) >= 11 is 0. The van der Waals surface area contributed by atoms with Crippen molar-refractivity contribution in [2.75, 3.05) is 0 Å². The van der Waals surface area contributed by atoms with Gasteiger partial charge in [-0.15, -0.1) is 0 Å². The van der Waals surface area contributed by atoms with Crippen LogP contribution in [0.4, 0.5) is 0 Å². The average molecular weight is 395 g/mol. The van der Waals surface area contributed by atoms with E-state index < -0.39 is 0 Å². The lowest BCUT2D eigenvalue weighted by molar-refractivity contribution is 0.0383. The molecule has 1 nitrogen and oxygen atoms in total. The fourth-order valence-electron chi connectivity index (χ4n) is 7.53. The molecule has 0 amide bonds. The van der Waals surface area contributed by atoms with Crippen LogP contribution < -0.4 is 0 Å². The molecular formula is C28H42O. The van der Waals surface area contributed by atoms with Crippen molar-refractivity contribution in [2.24, 2.45) is 40.4 Å². The Labute approximate surface area is 179 Å². The van der Waals surface area contributed by atoms with Gasteiger partial charge in [0.05, 0.1) is 6.10 Å².